The minimum Gasteiger partial charge on any atom is -0.295 e. The molecule has 0 bridgehead atoms. The molecule has 4 aliphatic carbocycles. The highest BCUT2D eigenvalue weighted by Gasteiger charge is 2.57. The van der Waals surface area contributed by atoms with Crippen LogP contribution in [0.15, 0.2) is 23.3 Å². The lowest BCUT2D eigenvalue weighted by Crippen LogP contribution is -2.50. The molecule has 4 rings (SSSR count). The van der Waals surface area contributed by atoms with E-state index in [-0.39, 0.29) is 5.41 Å². The normalized spacial score (nSPS) is 43.6. The zero-order chi connectivity index (χ0) is 16.9. The summed E-state index contributed by atoms with van der Waals surface area (Å²) in [6.45, 7) is 6.82. The van der Waals surface area contributed by atoms with Crippen molar-refractivity contribution in [1.29, 1.82) is 0 Å². The molecule has 0 aromatic rings. The summed E-state index contributed by atoms with van der Waals surface area (Å²) in [6.07, 6.45) is 13.8. The molecule has 2 saturated carbocycles. The second-order valence-corrected chi connectivity index (χ2v) is 8.75. The van der Waals surface area contributed by atoms with Crippen LogP contribution in [0, 0.1) is 40.4 Å². The second kappa shape index (κ2) is 5.62. The molecule has 0 spiro atoms. The Labute approximate surface area is 147 Å². The summed E-state index contributed by atoms with van der Waals surface area (Å²) < 4.78 is 0. The standard InChI is InChI=1S/C23H30O/c1-4-6-16-8-10-21-19-9-7-17-15-18(24)11-13-22(17,3)20(19)12-14-23(16,21)5-2/h8,15,19-21H,5,7,9-14H2,1-3H3. The summed E-state index contributed by atoms with van der Waals surface area (Å²) in [7, 11) is 0. The van der Waals surface area contributed by atoms with Crippen molar-refractivity contribution in [1.82, 2.24) is 0 Å². The average molecular weight is 322 g/mol. The van der Waals surface area contributed by atoms with Gasteiger partial charge < -0.3 is 0 Å². The Morgan fingerprint density at radius 3 is 2.79 bits per heavy atom. The number of ketones is 1. The van der Waals surface area contributed by atoms with Crippen LogP contribution >= 0.6 is 0 Å². The van der Waals surface area contributed by atoms with Crippen LogP contribution in [0.1, 0.15) is 72.1 Å². The van der Waals surface area contributed by atoms with E-state index in [4.69, 9.17) is 0 Å². The maximum absolute atomic E-state index is 11.9. The van der Waals surface area contributed by atoms with Crippen LogP contribution in [-0.2, 0) is 4.79 Å². The largest absolute Gasteiger partial charge is 0.295 e. The number of rotatable bonds is 1. The Bertz CT molecular complexity index is 685. The van der Waals surface area contributed by atoms with Gasteiger partial charge in [0.25, 0.3) is 0 Å². The topological polar surface area (TPSA) is 17.1 Å². The lowest BCUT2D eigenvalue weighted by molar-refractivity contribution is -0.117. The fourth-order valence-electron chi connectivity index (χ4n) is 6.90. The van der Waals surface area contributed by atoms with Gasteiger partial charge in [-0.25, -0.2) is 0 Å². The molecule has 2 fully saturated rings. The van der Waals surface area contributed by atoms with E-state index in [9.17, 15) is 4.79 Å². The van der Waals surface area contributed by atoms with Gasteiger partial charge in [0.15, 0.2) is 5.78 Å². The maximum Gasteiger partial charge on any atom is 0.155 e. The summed E-state index contributed by atoms with van der Waals surface area (Å²) >= 11 is 0. The predicted molar refractivity (Wildman–Crippen MR) is 98.2 cm³/mol. The van der Waals surface area contributed by atoms with Gasteiger partial charge >= 0.3 is 0 Å². The zero-order valence-electron chi connectivity index (χ0n) is 15.5. The Hall–Kier alpha value is -1.29. The second-order valence-electron chi connectivity index (χ2n) is 8.75. The SMILES string of the molecule is CC#CC1=CCC2C3CCC4=CC(=O)CCC4(C)C3CCC12CC. The fourth-order valence-corrected chi connectivity index (χ4v) is 6.90. The molecule has 128 valence electrons. The monoisotopic (exact) mass is 322 g/mol. The van der Waals surface area contributed by atoms with Crippen LogP contribution in [-0.4, -0.2) is 5.78 Å². The summed E-state index contributed by atoms with van der Waals surface area (Å²) in [4.78, 5) is 11.9. The fraction of sp³-hybridized carbons (Fsp3) is 0.696. The van der Waals surface area contributed by atoms with Crippen LogP contribution in [0.3, 0.4) is 0 Å². The molecule has 24 heavy (non-hydrogen) atoms. The van der Waals surface area contributed by atoms with Crippen molar-refractivity contribution in [3.63, 3.8) is 0 Å². The van der Waals surface area contributed by atoms with Gasteiger partial charge in [-0.15, -0.1) is 5.92 Å². The molecule has 1 nitrogen and oxygen atoms in total. The highest BCUT2D eigenvalue weighted by atomic mass is 16.1. The first-order valence-electron chi connectivity index (χ1n) is 9.92. The third-order valence-electron chi connectivity index (χ3n) is 8.17. The zero-order valence-corrected chi connectivity index (χ0v) is 15.5. The Balaban J connectivity index is 1.69. The van der Waals surface area contributed by atoms with E-state index in [0.29, 0.717) is 11.2 Å². The lowest BCUT2D eigenvalue weighted by atomic mass is 9.46. The van der Waals surface area contributed by atoms with Crippen molar-refractivity contribution < 1.29 is 4.79 Å². The molecule has 0 amide bonds. The predicted octanol–water partition coefficient (Wildman–Crippen LogP) is 5.47. The number of carbonyl (C=O) groups is 1. The number of carbonyl (C=O) groups excluding carboxylic acids is 1. The maximum atomic E-state index is 11.9. The number of fused-ring (bicyclic) bond motifs is 5. The molecular weight excluding hydrogens is 292 g/mol. The van der Waals surface area contributed by atoms with E-state index in [2.05, 4.69) is 31.8 Å². The molecule has 5 unspecified atom stereocenters. The molecule has 1 heteroatoms. The summed E-state index contributed by atoms with van der Waals surface area (Å²) in [5.74, 6) is 9.37. The first-order chi connectivity index (χ1) is 11.5. The first-order valence-corrected chi connectivity index (χ1v) is 9.92. The molecule has 0 N–H and O–H groups in total. The van der Waals surface area contributed by atoms with Crippen LogP contribution in [0.5, 0.6) is 0 Å². The van der Waals surface area contributed by atoms with E-state index in [1.54, 1.807) is 0 Å². The van der Waals surface area contributed by atoms with Crippen molar-refractivity contribution in [2.75, 3.05) is 0 Å². The summed E-state index contributed by atoms with van der Waals surface area (Å²) in [5, 5.41) is 0. The Kier molecular flexibility index (Phi) is 3.79. The van der Waals surface area contributed by atoms with Gasteiger partial charge in [-0.05, 0) is 81.1 Å². The van der Waals surface area contributed by atoms with Gasteiger partial charge in [0.05, 0.1) is 0 Å². The quantitative estimate of drug-likeness (QED) is 0.585. The highest BCUT2D eigenvalue weighted by Crippen LogP contribution is 2.66. The van der Waals surface area contributed by atoms with Gasteiger partial charge in [0.2, 0.25) is 0 Å². The van der Waals surface area contributed by atoms with Crippen molar-refractivity contribution in [3.05, 3.63) is 23.3 Å². The van der Waals surface area contributed by atoms with E-state index >= 15 is 0 Å². The van der Waals surface area contributed by atoms with Crippen molar-refractivity contribution in [3.8, 4) is 11.8 Å². The van der Waals surface area contributed by atoms with E-state index in [0.717, 1.165) is 37.0 Å². The Morgan fingerprint density at radius 2 is 2.04 bits per heavy atom. The number of hydrogen-bond donors (Lipinski definition) is 0. The van der Waals surface area contributed by atoms with E-state index < -0.39 is 0 Å². The minimum absolute atomic E-state index is 0.288. The average Bonchev–Trinajstić information content (AvgIpc) is 2.95. The van der Waals surface area contributed by atoms with Crippen LogP contribution in [0.25, 0.3) is 0 Å². The molecule has 0 radical (unpaired) electrons. The molecule has 0 aliphatic heterocycles. The smallest absolute Gasteiger partial charge is 0.155 e. The molecule has 0 saturated heterocycles. The lowest BCUT2D eigenvalue weighted by Gasteiger charge is -2.58. The number of hydrogen-bond acceptors (Lipinski definition) is 1. The highest BCUT2D eigenvalue weighted by molar-refractivity contribution is 5.91. The van der Waals surface area contributed by atoms with Gasteiger partial charge in [0, 0.05) is 17.4 Å². The van der Waals surface area contributed by atoms with Crippen LogP contribution in [0.2, 0.25) is 0 Å². The van der Waals surface area contributed by atoms with Crippen molar-refractivity contribution >= 4 is 5.78 Å². The van der Waals surface area contributed by atoms with Gasteiger partial charge in [-0.2, -0.15) is 0 Å². The molecule has 0 heterocycles. The third-order valence-corrected chi connectivity index (χ3v) is 8.17. The third kappa shape index (κ3) is 2.05. The minimum atomic E-state index is 0.288. The molecular formula is C23H30O. The van der Waals surface area contributed by atoms with E-state index in [1.807, 2.05) is 13.0 Å². The van der Waals surface area contributed by atoms with Gasteiger partial charge in [0.1, 0.15) is 0 Å². The first kappa shape index (κ1) is 16.2. The summed E-state index contributed by atoms with van der Waals surface area (Å²) in [6, 6.07) is 0. The molecule has 0 aromatic carbocycles. The Morgan fingerprint density at radius 1 is 1.21 bits per heavy atom. The molecule has 4 aliphatic rings. The van der Waals surface area contributed by atoms with Gasteiger partial charge in [-0.3, -0.25) is 4.79 Å². The molecule has 0 aromatic heterocycles. The number of allylic oxidation sites excluding steroid dienone is 4. The van der Waals surface area contributed by atoms with Crippen molar-refractivity contribution in [2.45, 2.75) is 72.1 Å². The van der Waals surface area contributed by atoms with Crippen LogP contribution in [0.4, 0.5) is 0 Å². The summed E-state index contributed by atoms with van der Waals surface area (Å²) in [5.41, 5.74) is 3.56. The van der Waals surface area contributed by atoms with Crippen LogP contribution < -0.4 is 0 Å². The van der Waals surface area contributed by atoms with Crippen molar-refractivity contribution in [2.24, 2.45) is 28.6 Å². The van der Waals surface area contributed by atoms with Gasteiger partial charge in [-0.1, -0.05) is 31.4 Å². The van der Waals surface area contributed by atoms with E-state index in [1.165, 1.54) is 43.3 Å². The molecule has 5 atom stereocenters.